The normalized spacial score (nSPS) is 26.6. The van der Waals surface area contributed by atoms with Crippen molar-refractivity contribution in [1.29, 1.82) is 0 Å². The average molecular weight is 294 g/mol. The maximum Gasteiger partial charge on any atom is 0.307 e. The molecule has 1 amide bonds. The van der Waals surface area contributed by atoms with Gasteiger partial charge in [-0.05, 0) is 26.2 Å². The van der Waals surface area contributed by atoms with E-state index in [-0.39, 0.29) is 11.8 Å². The van der Waals surface area contributed by atoms with Gasteiger partial charge >= 0.3 is 5.97 Å². The van der Waals surface area contributed by atoms with E-state index < -0.39 is 11.9 Å². The van der Waals surface area contributed by atoms with Gasteiger partial charge in [-0.3, -0.25) is 9.59 Å². The molecule has 1 saturated heterocycles. The van der Waals surface area contributed by atoms with Gasteiger partial charge in [-0.1, -0.05) is 0 Å². The number of carbonyl (C=O) groups excluding carboxylic acids is 1. The van der Waals surface area contributed by atoms with Crippen LogP contribution in [0.4, 0.5) is 0 Å². The first-order valence-electron chi connectivity index (χ1n) is 7.00. The number of aryl methyl sites for hydroxylation is 1. The number of rotatable bonds is 3. The highest BCUT2D eigenvalue weighted by atomic mass is 32.1. The van der Waals surface area contributed by atoms with Crippen molar-refractivity contribution in [2.75, 3.05) is 13.1 Å². The van der Waals surface area contributed by atoms with E-state index in [4.69, 9.17) is 5.11 Å². The fourth-order valence-electron chi connectivity index (χ4n) is 2.88. The molecular weight excluding hydrogens is 276 g/mol. The molecule has 1 aliphatic carbocycles. The van der Waals surface area contributed by atoms with E-state index in [9.17, 15) is 9.59 Å². The second-order valence-corrected chi connectivity index (χ2v) is 6.60. The van der Waals surface area contributed by atoms with Gasteiger partial charge in [-0.15, -0.1) is 11.3 Å². The molecule has 1 aromatic rings. The molecule has 1 aliphatic heterocycles. The summed E-state index contributed by atoms with van der Waals surface area (Å²) >= 11 is 1.70. The third kappa shape index (κ3) is 2.57. The Morgan fingerprint density at radius 2 is 2.05 bits per heavy atom. The van der Waals surface area contributed by atoms with Crippen LogP contribution in [0.1, 0.15) is 35.9 Å². The van der Waals surface area contributed by atoms with Crippen LogP contribution in [-0.2, 0) is 9.59 Å². The highest BCUT2D eigenvalue weighted by Crippen LogP contribution is 2.41. The van der Waals surface area contributed by atoms with Gasteiger partial charge in [0, 0.05) is 30.1 Å². The molecule has 108 valence electrons. The number of hydrogen-bond donors (Lipinski definition) is 1. The predicted molar refractivity (Wildman–Crippen MR) is 74.6 cm³/mol. The number of piperidine rings is 1. The first-order chi connectivity index (χ1) is 9.56. The molecule has 2 aliphatic rings. The van der Waals surface area contributed by atoms with Crippen molar-refractivity contribution < 1.29 is 14.7 Å². The summed E-state index contributed by atoms with van der Waals surface area (Å²) in [6, 6.07) is 0. The molecule has 2 fully saturated rings. The summed E-state index contributed by atoms with van der Waals surface area (Å²) in [5.41, 5.74) is 1.06. The Morgan fingerprint density at radius 1 is 1.35 bits per heavy atom. The highest BCUT2D eigenvalue weighted by molar-refractivity contribution is 7.09. The zero-order valence-corrected chi connectivity index (χ0v) is 12.2. The first kappa shape index (κ1) is 13.5. The molecular formula is C14H18N2O3S. The summed E-state index contributed by atoms with van der Waals surface area (Å²) in [6.45, 7) is 3.45. The fourth-order valence-corrected chi connectivity index (χ4v) is 3.85. The first-order valence-corrected chi connectivity index (χ1v) is 7.88. The van der Waals surface area contributed by atoms with Crippen LogP contribution in [0.3, 0.4) is 0 Å². The van der Waals surface area contributed by atoms with Crippen LogP contribution in [0.2, 0.25) is 0 Å². The standard InChI is InChI=1S/C14H18N2O3S/c1-8-7-20-12(15-8)9-2-4-16(5-3-9)13(17)10-6-11(10)14(18)19/h7,9-11H,2-6H2,1H3,(H,18,19)/t10-,11+/m0/s1. The molecule has 3 rings (SSSR count). The Hall–Kier alpha value is -1.43. The lowest BCUT2D eigenvalue weighted by molar-refractivity contribution is -0.142. The number of likely N-dealkylation sites (tertiary alicyclic amines) is 1. The molecule has 6 heteroatoms. The van der Waals surface area contributed by atoms with Gasteiger partial charge in [-0.25, -0.2) is 4.98 Å². The molecule has 0 radical (unpaired) electrons. The average Bonchev–Trinajstić information content (AvgIpc) is 3.14. The molecule has 2 heterocycles. The van der Waals surface area contributed by atoms with E-state index in [0.29, 0.717) is 12.3 Å². The molecule has 0 aromatic carbocycles. The zero-order chi connectivity index (χ0) is 14.3. The van der Waals surface area contributed by atoms with Crippen LogP contribution in [0.5, 0.6) is 0 Å². The molecule has 0 spiro atoms. The summed E-state index contributed by atoms with van der Waals surface area (Å²) in [6.07, 6.45) is 2.38. The number of carboxylic acid groups (broad SMARTS) is 1. The molecule has 0 unspecified atom stereocenters. The summed E-state index contributed by atoms with van der Waals surface area (Å²) in [5.74, 6) is -1.07. The molecule has 1 N–H and O–H groups in total. The predicted octanol–water partition coefficient (Wildman–Crippen LogP) is 1.88. The van der Waals surface area contributed by atoms with Gasteiger partial charge in [0.1, 0.15) is 0 Å². The Morgan fingerprint density at radius 3 is 2.55 bits per heavy atom. The molecule has 2 atom stereocenters. The molecule has 1 aromatic heterocycles. The van der Waals surface area contributed by atoms with Crippen molar-refractivity contribution in [3.05, 3.63) is 16.1 Å². The van der Waals surface area contributed by atoms with Crippen molar-refractivity contribution in [1.82, 2.24) is 9.88 Å². The molecule has 20 heavy (non-hydrogen) atoms. The minimum atomic E-state index is -0.837. The Bertz CT molecular complexity index is 534. The van der Waals surface area contributed by atoms with E-state index in [1.54, 1.807) is 11.3 Å². The number of nitrogens with zero attached hydrogens (tertiary/aromatic N) is 2. The Balaban J connectivity index is 1.54. The third-order valence-corrected chi connectivity index (χ3v) is 5.34. The van der Waals surface area contributed by atoms with Gasteiger partial charge in [0.05, 0.1) is 16.8 Å². The quantitative estimate of drug-likeness (QED) is 0.924. The summed E-state index contributed by atoms with van der Waals surface area (Å²) in [7, 11) is 0. The minimum Gasteiger partial charge on any atom is -0.481 e. The molecule has 0 bridgehead atoms. The molecule has 5 nitrogen and oxygen atoms in total. The van der Waals surface area contributed by atoms with Crippen molar-refractivity contribution in [2.24, 2.45) is 11.8 Å². The van der Waals surface area contributed by atoms with Crippen LogP contribution >= 0.6 is 11.3 Å². The minimum absolute atomic E-state index is 0.0335. The maximum atomic E-state index is 12.2. The van der Waals surface area contributed by atoms with E-state index in [2.05, 4.69) is 10.4 Å². The number of carbonyl (C=O) groups is 2. The van der Waals surface area contributed by atoms with Crippen LogP contribution in [0.15, 0.2) is 5.38 Å². The smallest absolute Gasteiger partial charge is 0.307 e. The Labute approximate surface area is 121 Å². The van der Waals surface area contributed by atoms with Crippen molar-refractivity contribution >= 4 is 23.2 Å². The number of amides is 1. The number of aliphatic carboxylic acids is 1. The highest BCUT2D eigenvalue weighted by Gasteiger charge is 2.50. The number of hydrogen-bond acceptors (Lipinski definition) is 4. The van der Waals surface area contributed by atoms with Crippen LogP contribution in [0.25, 0.3) is 0 Å². The SMILES string of the molecule is Cc1csc(C2CCN(C(=O)[C@H]3C[C@H]3C(=O)O)CC2)n1. The largest absolute Gasteiger partial charge is 0.481 e. The summed E-state index contributed by atoms with van der Waals surface area (Å²) in [4.78, 5) is 29.4. The monoisotopic (exact) mass is 294 g/mol. The Kier molecular flexibility index (Phi) is 3.50. The van der Waals surface area contributed by atoms with E-state index in [1.165, 1.54) is 5.01 Å². The number of carboxylic acids is 1. The van der Waals surface area contributed by atoms with Gasteiger partial charge in [0.25, 0.3) is 0 Å². The number of aromatic nitrogens is 1. The van der Waals surface area contributed by atoms with E-state index >= 15 is 0 Å². The van der Waals surface area contributed by atoms with Gasteiger partial charge in [0.15, 0.2) is 0 Å². The van der Waals surface area contributed by atoms with Crippen molar-refractivity contribution in [3.8, 4) is 0 Å². The topological polar surface area (TPSA) is 70.5 Å². The lowest BCUT2D eigenvalue weighted by atomic mass is 9.97. The van der Waals surface area contributed by atoms with Crippen molar-refractivity contribution in [2.45, 2.75) is 32.1 Å². The zero-order valence-electron chi connectivity index (χ0n) is 11.4. The van der Waals surface area contributed by atoms with E-state index in [1.807, 2.05) is 11.8 Å². The summed E-state index contributed by atoms with van der Waals surface area (Å²) < 4.78 is 0. The van der Waals surface area contributed by atoms with Gasteiger partial charge in [0.2, 0.25) is 5.91 Å². The lowest BCUT2D eigenvalue weighted by Crippen LogP contribution is -2.39. The third-order valence-electron chi connectivity index (χ3n) is 4.22. The van der Waals surface area contributed by atoms with Crippen LogP contribution in [0, 0.1) is 18.8 Å². The molecule has 1 saturated carbocycles. The van der Waals surface area contributed by atoms with Gasteiger partial charge < -0.3 is 10.0 Å². The summed E-state index contributed by atoms with van der Waals surface area (Å²) in [5, 5.41) is 12.1. The lowest BCUT2D eigenvalue weighted by Gasteiger charge is -2.31. The number of thiazole rings is 1. The van der Waals surface area contributed by atoms with Crippen molar-refractivity contribution in [3.63, 3.8) is 0 Å². The van der Waals surface area contributed by atoms with E-state index in [0.717, 1.165) is 31.6 Å². The van der Waals surface area contributed by atoms with Gasteiger partial charge in [-0.2, -0.15) is 0 Å². The second kappa shape index (κ2) is 5.16. The van der Waals surface area contributed by atoms with Crippen LogP contribution < -0.4 is 0 Å². The fraction of sp³-hybridized carbons (Fsp3) is 0.643. The second-order valence-electron chi connectivity index (χ2n) is 5.71. The maximum absolute atomic E-state index is 12.2. The van der Waals surface area contributed by atoms with Crippen LogP contribution in [-0.4, -0.2) is 40.0 Å².